The molecule has 0 unspecified atom stereocenters. The Labute approximate surface area is 145 Å². The van der Waals surface area contributed by atoms with E-state index in [0.29, 0.717) is 11.1 Å². The van der Waals surface area contributed by atoms with Gasteiger partial charge in [0.15, 0.2) is 0 Å². The Morgan fingerprint density at radius 2 is 1.72 bits per heavy atom. The van der Waals surface area contributed by atoms with Gasteiger partial charge in [0.2, 0.25) is 10.0 Å². The average molecular weight is 363 g/mol. The van der Waals surface area contributed by atoms with Crippen molar-refractivity contribution < 1.29 is 18.1 Å². The summed E-state index contributed by atoms with van der Waals surface area (Å²) in [6, 6.07) is 8.52. The fourth-order valence-corrected chi connectivity index (χ4v) is 2.97. The molecule has 0 radical (unpaired) electrons. The Bertz CT molecular complexity index is 954. The number of carbonyl (C=O) groups excluding carboxylic acids is 1. The molecular formula is C16H17N3O5S. The highest BCUT2D eigenvalue weighted by Gasteiger charge is 2.18. The van der Waals surface area contributed by atoms with Crippen molar-refractivity contribution in [2.45, 2.75) is 18.7 Å². The van der Waals surface area contributed by atoms with Crippen molar-refractivity contribution in [2.24, 2.45) is 0 Å². The van der Waals surface area contributed by atoms with Crippen LogP contribution < -0.4 is 10.0 Å². The van der Waals surface area contributed by atoms with Gasteiger partial charge < -0.3 is 5.32 Å². The van der Waals surface area contributed by atoms with Gasteiger partial charge in [0.25, 0.3) is 11.6 Å². The number of nitrogens with zero attached hydrogens (tertiary/aromatic N) is 1. The maximum atomic E-state index is 12.5. The maximum absolute atomic E-state index is 12.5. The largest absolute Gasteiger partial charge is 0.322 e. The Morgan fingerprint density at radius 3 is 2.32 bits per heavy atom. The van der Waals surface area contributed by atoms with Crippen molar-refractivity contribution in [3.63, 3.8) is 0 Å². The van der Waals surface area contributed by atoms with E-state index in [4.69, 9.17) is 0 Å². The molecule has 25 heavy (non-hydrogen) atoms. The minimum Gasteiger partial charge on any atom is -0.322 e. The summed E-state index contributed by atoms with van der Waals surface area (Å²) in [6.07, 6.45) is 0. The van der Waals surface area contributed by atoms with E-state index in [1.54, 1.807) is 19.9 Å². The molecule has 2 rings (SSSR count). The lowest BCUT2D eigenvalue weighted by atomic mass is 10.1. The smallest absolute Gasteiger partial charge is 0.274 e. The van der Waals surface area contributed by atoms with E-state index in [1.165, 1.54) is 37.4 Å². The van der Waals surface area contributed by atoms with E-state index in [-0.39, 0.29) is 21.8 Å². The SMILES string of the molecule is CNS(=O)(=O)c1ccc(C)c(C(=O)Nc2ccc(C)c([N+](=O)[O-])c2)c1. The van der Waals surface area contributed by atoms with Crippen LogP contribution in [0.5, 0.6) is 0 Å². The monoisotopic (exact) mass is 363 g/mol. The summed E-state index contributed by atoms with van der Waals surface area (Å²) < 4.78 is 26.0. The standard InChI is InChI=1S/C16H17N3O5S/c1-10-5-7-13(25(23,24)17-3)9-14(10)16(20)18-12-6-4-11(2)15(8-12)19(21)22/h4-9,17H,1-3H3,(H,18,20). The van der Waals surface area contributed by atoms with Crippen LogP contribution in [-0.2, 0) is 10.0 Å². The van der Waals surface area contributed by atoms with Gasteiger partial charge in [-0.25, -0.2) is 13.1 Å². The molecule has 0 bridgehead atoms. The zero-order chi connectivity index (χ0) is 18.8. The van der Waals surface area contributed by atoms with Crippen LogP contribution in [0.1, 0.15) is 21.5 Å². The van der Waals surface area contributed by atoms with Gasteiger partial charge in [-0.15, -0.1) is 0 Å². The van der Waals surface area contributed by atoms with E-state index >= 15 is 0 Å². The van der Waals surface area contributed by atoms with Crippen molar-refractivity contribution in [2.75, 3.05) is 12.4 Å². The molecule has 0 aliphatic rings. The average Bonchev–Trinajstić information content (AvgIpc) is 2.56. The molecule has 8 nitrogen and oxygen atoms in total. The highest BCUT2D eigenvalue weighted by atomic mass is 32.2. The van der Waals surface area contributed by atoms with Gasteiger partial charge in [-0.05, 0) is 44.7 Å². The Balaban J connectivity index is 2.37. The highest BCUT2D eigenvalue weighted by Crippen LogP contribution is 2.23. The molecule has 0 saturated carbocycles. The minimum absolute atomic E-state index is 0.0411. The lowest BCUT2D eigenvalue weighted by Gasteiger charge is -2.10. The summed E-state index contributed by atoms with van der Waals surface area (Å²) in [5.74, 6) is -0.552. The number of sulfonamides is 1. The third-order valence-corrected chi connectivity index (χ3v) is 5.11. The van der Waals surface area contributed by atoms with Crippen molar-refractivity contribution >= 4 is 27.3 Å². The van der Waals surface area contributed by atoms with Gasteiger partial charge in [-0.3, -0.25) is 14.9 Å². The van der Waals surface area contributed by atoms with Crippen LogP contribution >= 0.6 is 0 Å². The fraction of sp³-hybridized carbons (Fsp3) is 0.188. The van der Waals surface area contributed by atoms with Crippen LogP contribution in [-0.4, -0.2) is 26.3 Å². The van der Waals surface area contributed by atoms with Crippen LogP contribution in [0.2, 0.25) is 0 Å². The van der Waals surface area contributed by atoms with Gasteiger partial charge >= 0.3 is 0 Å². The first kappa shape index (κ1) is 18.6. The third-order valence-electron chi connectivity index (χ3n) is 3.70. The molecule has 2 aromatic carbocycles. The summed E-state index contributed by atoms with van der Waals surface area (Å²) in [6.45, 7) is 3.27. The number of carbonyl (C=O) groups is 1. The normalized spacial score (nSPS) is 11.2. The number of anilines is 1. The minimum atomic E-state index is -3.69. The van der Waals surface area contributed by atoms with E-state index in [0.717, 1.165) is 0 Å². The zero-order valence-electron chi connectivity index (χ0n) is 13.9. The molecule has 0 spiro atoms. The van der Waals surface area contributed by atoms with E-state index in [1.807, 2.05) is 0 Å². The number of hydrogen-bond acceptors (Lipinski definition) is 5. The highest BCUT2D eigenvalue weighted by molar-refractivity contribution is 7.89. The molecule has 0 fully saturated rings. The van der Waals surface area contributed by atoms with Crippen molar-refractivity contribution in [1.82, 2.24) is 4.72 Å². The Morgan fingerprint density at radius 1 is 1.08 bits per heavy atom. The second-order valence-electron chi connectivity index (χ2n) is 5.40. The molecule has 0 atom stereocenters. The summed E-state index contributed by atoms with van der Waals surface area (Å²) in [5, 5.41) is 13.6. The summed E-state index contributed by atoms with van der Waals surface area (Å²) in [7, 11) is -2.41. The summed E-state index contributed by atoms with van der Waals surface area (Å²) >= 11 is 0. The van der Waals surface area contributed by atoms with Gasteiger partial charge in [0.05, 0.1) is 9.82 Å². The van der Waals surface area contributed by atoms with E-state index in [2.05, 4.69) is 10.0 Å². The molecule has 0 aromatic heterocycles. The number of benzene rings is 2. The number of hydrogen-bond donors (Lipinski definition) is 2. The molecule has 0 aliphatic heterocycles. The number of nitro groups is 1. The molecule has 1 amide bonds. The predicted molar refractivity (Wildman–Crippen MR) is 93.2 cm³/mol. The Hall–Kier alpha value is -2.78. The molecule has 2 N–H and O–H groups in total. The number of aryl methyl sites for hydroxylation is 2. The molecular weight excluding hydrogens is 346 g/mol. The molecule has 0 heterocycles. The van der Waals surface area contributed by atoms with Gasteiger partial charge in [-0.1, -0.05) is 12.1 Å². The van der Waals surface area contributed by atoms with Gasteiger partial charge in [0, 0.05) is 22.9 Å². The topological polar surface area (TPSA) is 118 Å². The molecule has 132 valence electrons. The number of nitrogens with one attached hydrogen (secondary N) is 2. The quantitative estimate of drug-likeness (QED) is 0.624. The predicted octanol–water partition coefficient (Wildman–Crippen LogP) is 2.37. The van der Waals surface area contributed by atoms with Gasteiger partial charge in [0.1, 0.15) is 0 Å². The summed E-state index contributed by atoms with van der Waals surface area (Å²) in [5.41, 5.74) is 1.36. The van der Waals surface area contributed by atoms with Crippen LogP contribution in [0.3, 0.4) is 0 Å². The molecule has 0 aliphatic carbocycles. The third kappa shape index (κ3) is 4.01. The van der Waals surface area contributed by atoms with Crippen molar-refractivity contribution in [3.05, 3.63) is 63.2 Å². The second kappa shape index (κ2) is 6.99. The van der Waals surface area contributed by atoms with Crippen LogP contribution in [0.15, 0.2) is 41.3 Å². The van der Waals surface area contributed by atoms with E-state index in [9.17, 15) is 23.3 Å². The van der Waals surface area contributed by atoms with Crippen LogP contribution in [0, 0.1) is 24.0 Å². The fourth-order valence-electron chi connectivity index (χ4n) is 2.21. The first-order valence-corrected chi connectivity index (χ1v) is 8.74. The van der Waals surface area contributed by atoms with Gasteiger partial charge in [-0.2, -0.15) is 0 Å². The molecule has 9 heteroatoms. The zero-order valence-corrected chi connectivity index (χ0v) is 14.7. The lowest BCUT2D eigenvalue weighted by molar-refractivity contribution is -0.385. The first-order valence-electron chi connectivity index (χ1n) is 7.26. The van der Waals surface area contributed by atoms with E-state index < -0.39 is 20.9 Å². The molecule has 2 aromatic rings. The van der Waals surface area contributed by atoms with Crippen LogP contribution in [0.4, 0.5) is 11.4 Å². The molecule has 0 saturated heterocycles. The first-order chi connectivity index (χ1) is 11.7. The summed E-state index contributed by atoms with van der Waals surface area (Å²) in [4.78, 5) is 22.9. The van der Waals surface area contributed by atoms with Crippen molar-refractivity contribution in [3.8, 4) is 0 Å². The second-order valence-corrected chi connectivity index (χ2v) is 7.28. The number of nitro benzene ring substituents is 1. The Kier molecular flexibility index (Phi) is 5.19. The lowest BCUT2D eigenvalue weighted by Crippen LogP contribution is -2.20. The maximum Gasteiger partial charge on any atom is 0.274 e. The number of rotatable bonds is 5. The number of amides is 1. The van der Waals surface area contributed by atoms with Crippen LogP contribution in [0.25, 0.3) is 0 Å². The van der Waals surface area contributed by atoms with Crippen molar-refractivity contribution in [1.29, 1.82) is 0 Å².